The van der Waals surface area contributed by atoms with Crippen LogP contribution in [0.1, 0.15) is 42.1 Å². The van der Waals surface area contributed by atoms with Gasteiger partial charge >= 0.3 is 0 Å². The highest BCUT2D eigenvalue weighted by atomic mass is 16.7. The second-order valence-corrected chi connectivity index (χ2v) is 7.57. The molecule has 2 aliphatic rings. The topological polar surface area (TPSA) is 83.9 Å². The lowest BCUT2D eigenvalue weighted by molar-refractivity contribution is -0.110. The number of oxime groups is 1. The standard InChI is InChI=1S/C22H24N4O3/c1-2-16-6-8-17(9-7-16)21(28)26-12-4-10-22(15-26)13-19(25-29-22)20(27)24-18-5-3-11-23-14-18/h3,5-9,11,14H,2,4,10,12-13,15H2,1H3,(H,24,27). The molecule has 1 saturated heterocycles. The number of pyridine rings is 1. The minimum Gasteiger partial charge on any atom is -0.386 e. The van der Waals surface area contributed by atoms with Gasteiger partial charge in [-0.1, -0.05) is 24.2 Å². The van der Waals surface area contributed by atoms with Gasteiger partial charge < -0.3 is 15.1 Å². The smallest absolute Gasteiger partial charge is 0.273 e. The monoisotopic (exact) mass is 392 g/mol. The van der Waals surface area contributed by atoms with Crippen molar-refractivity contribution in [2.24, 2.45) is 5.16 Å². The van der Waals surface area contributed by atoms with Gasteiger partial charge in [0.05, 0.1) is 18.4 Å². The number of amides is 2. The van der Waals surface area contributed by atoms with Crippen molar-refractivity contribution in [3.63, 3.8) is 0 Å². The van der Waals surface area contributed by atoms with E-state index in [4.69, 9.17) is 4.84 Å². The van der Waals surface area contributed by atoms with E-state index in [1.807, 2.05) is 29.2 Å². The minimum atomic E-state index is -0.626. The van der Waals surface area contributed by atoms with E-state index in [2.05, 4.69) is 22.4 Å². The molecule has 3 heterocycles. The Balaban J connectivity index is 1.40. The third kappa shape index (κ3) is 4.13. The van der Waals surface area contributed by atoms with Gasteiger partial charge in [-0.05, 0) is 49.1 Å². The third-order valence-corrected chi connectivity index (χ3v) is 5.46. The highest BCUT2D eigenvalue weighted by Gasteiger charge is 2.45. The van der Waals surface area contributed by atoms with Gasteiger partial charge in [0.1, 0.15) is 5.71 Å². The average Bonchev–Trinajstić information content (AvgIpc) is 3.17. The Morgan fingerprint density at radius 3 is 2.79 bits per heavy atom. The first kappa shape index (κ1) is 19.1. The van der Waals surface area contributed by atoms with Gasteiger partial charge in [-0.3, -0.25) is 14.6 Å². The van der Waals surface area contributed by atoms with Gasteiger partial charge in [0.2, 0.25) is 0 Å². The van der Waals surface area contributed by atoms with Gasteiger partial charge in [0.25, 0.3) is 11.8 Å². The van der Waals surface area contributed by atoms with E-state index in [1.165, 1.54) is 5.56 Å². The van der Waals surface area contributed by atoms with Crippen LogP contribution in [-0.2, 0) is 16.1 Å². The molecule has 0 saturated carbocycles. The molecule has 1 unspecified atom stereocenters. The van der Waals surface area contributed by atoms with Crippen LogP contribution in [0, 0.1) is 0 Å². The number of hydrogen-bond donors (Lipinski definition) is 1. The van der Waals surface area contributed by atoms with Gasteiger partial charge in [0.15, 0.2) is 5.60 Å². The lowest BCUT2D eigenvalue weighted by atomic mass is 9.87. The summed E-state index contributed by atoms with van der Waals surface area (Å²) in [7, 11) is 0. The lowest BCUT2D eigenvalue weighted by Crippen LogP contribution is -2.50. The Morgan fingerprint density at radius 1 is 1.24 bits per heavy atom. The summed E-state index contributed by atoms with van der Waals surface area (Å²) in [4.78, 5) is 37.0. The fraction of sp³-hybridized carbons (Fsp3) is 0.364. The largest absolute Gasteiger partial charge is 0.386 e. The molecule has 2 amide bonds. The first-order chi connectivity index (χ1) is 14.1. The van der Waals surface area contributed by atoms with E-state index >= 15 is 0 Å². The molecule has 0 radical (unpaired) electrons. The molecule has 2 aromatic rings. The normalized spacial score (nSPS) is 20.9. The molecule has 29 heavy (non-hydrogen) atoms. The Morgan fingerprint density at radius 2 is 2.07 bits per heavy atom. The van der Waals surface area contributed by atoms with Crippen molar-refractivity contribution in [1.82, 2.24) is 9.88 Å². The van der Waals surface area contributed by atoms with Gasteiger partial charge in [-0.2, -0.15) is 0 Å². The van der Waals surface area contributed by atoms with Crippen molar-refractivity contribution in [3.8, 4) is 0 Å². The van der Waals surface area contributed by atoms with Crippen molar-refractivity contribution >= 4 is 23.2 Å². The fourth-order valence-corrected chi connectivity index (χ4v) is 3.84. The number of aryl methyl sites for hydroxylation is 1. The number of carbonyl (C=O) groups is 2. The lowest BCUT2D eigenvalue weighted by Gasteiger charge is -2.38. The zero-order valence-electron chi connectivity index (χ0n) is 16.4. The molecule has 2 aliphatic heterocycles. The zero-order chi connectivity index (χ0) is 20.3. The van der Waals surface area contributed by atoms with Crippen molar-refractivity contribution in [3.05, 3.63) is 59.9 Å². The maximum atomic E-state index is 12.9. The number of rotatable bonds is 4. The van der Waals surface area contributed by atoms with Gasteiger partial charge in [0, 0.05) is 24.7 Å². The summed E-state index contributed by atoms with van der Waals surface area (Å²) < 4.78 is 0. The SMILES string of the molecule is CCc1ccc(C(=O)N2CCCC3(CC(C(=O)Nc4cccnc4)=NO3)C2)cc1. The summed E-state index contributed by atoms with van der Waals surface area (Å²) in [6, 6.07) is 11.2. The van der Waals surface area contributed by atoms with Crippen LogP contribution in [0.3, 0.4) is 0 Å². The first-order valence-corrected chi connectivity index (χ1v) is 9.93. The predicted octanol–water partition coefficient (Wildman–Crippen LogP) is 3.03. The van der Waals surface area contributed by atoms with Crippen LogP contribution in [0.5, 0.6) is 0 Å². The molecule has 7 heteroatoms. The Kier molecular flexibility index (Phi) is 5.29. The zero-order valence-corrected chi connectivity index (χ0v) is 16.4. The summed E-state index contributed by atoms with van der Waals surface area (Å²) in [5, 5.41) is 6.83. The molecule has 1 atom stereocenters. The molecule has 4 rings (SSSR count). The second kappa shape index (κ2) is 8.03. The van der Waals surface area contributed by atoms with Crippen molar-refractivity contribution < 1.29 is 14.4 Å². The van der Waals surface area contributed by atoms with Crippen LogP contribution in [0.4, 0.5) is 5.69 Å². The maximum Gasteiger partial charge on any atom is 0.273 e. The summed E-state index contributed by atoms with van der Waals surface area (Å²) in [6.45, 7) is 3.19. The van der Waals surface area contributed by atoms with Crippen LogP contribution in [0.2, 0.25) is 0 Å². The second-order valence-electron chi connectivity index (χ2n) is 7.57. The number of benzene rings is 1. The van der Waals surface area contributed by atoms with Crippen molar-refractivity contribution in [1.29, 1.82) is 0 Å². The van der Waals surface area contributed by atoms with E-state index in [9.17, 15) is 9.59 Å². The van der Waals surface area contributed by atoms with E-state index in [-0.39, 0.29) is 11.8 Å². The number of anilines is 1. The van der Waals surface area contributed by atoms with Crippen LogP contribution < -0.4 is 5.32 Å². The molecule has 1 aromatic heterocycles. The number of nitrogens with one attached hydrogen (secondary N) is 1. The Labute approximate surface area is 169 Å². The molecule has 0 aliphatic carbocycles. The van der Waals surface area contributed by atoms with Gasteiger partial charge in [-0.25, -0.2) is 0 Å². The average molecular weight is 392 g/mol. The maximum absolute atomic E-state index is 12.9. The summed E-state index contributed by atoms with van der Waals surface area (Å²) in [6.07, 6.45) is 6.12. The van der Waals surface area contributed by atoms with Gasteiger partial charge in [-0.15, -0.1) is 0 Å². The number of carbonyl (C=O) groups excluding carboxylic acids is 2. The molecule has 1 fully saturated rings. The van der Waals surface area contributed by atoms with E-state index < -0.39 is 5.60 Å². The van der Waals surface area contributed by atoms with E-state index in [0.29, 0.717) is 36.5 Å². The predicted molar refractivity (Wildman–Crippen MR) is 110 cm³/mol. The molecular formula is C22H24N4O3. The molecule has 0 bridgehead atoms. The first-order valence-electron chi connectivity index (χ1n) is 9.93. The number of likely N-dealkylation sites (tertiary alicyclic amines) is 1. The summed E-state index contributed by atoms with van der Waals surface area (Å²) in [5.74, 6) is -0.308. The third-order valence-electron chi connectivity index (χ3n) is 5.46. The van der Waals surface area contributed by atoms with E-state index in [0.717, 1.165) is 19.3 Å². The highest BCUT2D eigenvalue weighted by Crippen LogP contribution is 2.34. The highest BCUT2D eigenvalue weighted by molar-refractivity contribution is 6.43. The summed E-state index contributed by atoms with van der Waals surface area (Å²) in [5.41, 5.74) is 2.20. The minimum absolute atomic E-state index is 0.0106. The molecule has 1 spiro atoms. The number of aromatic nitrogens is 1. The Hall–Kier alpha value is -3.22. The molecular weight excluding hydrogens is 368 g/mol. The van der Waals surface area contributed by atoms with E-state index in [1.54, 1.807) is 24.5 Å². The van der Waals surface area contributed by atoms with Crippen LogP contribution >= 0.6 is 0 Å². The molecule has 150 valence electrons. The fourth-order valence-electron chi connectivity index (χ4n) is 3.84. The number of piperidine rings is 1. The van der Waals surface area contributed by atoms with Crippen LogP contribution in [0.15, 0.2) is 53.9 Å². The molecule has 1 N–H and O–H groups in total. The molecule has 7 nitrogen and oxygen atoms in total. The number of nitrogens with zero attached hydrogens (tertiary/aromatic N) is 3. The molecule has 1 aromatic carbocycles. The van der Waals surface area contributed by atoms with Crippen molar-refractivity contribution in [2.75, 3.05) is 18.4 Å². The Bertz CT molecular complexity index is 927. The quantitative estimate of drug-likeness (QED) is 0.867. The van der Waals surface area contributed by atoms with Crippen molar-refractivity contribution in [2.45, 2.75) is 38.2 Å². The summed E-state index contributed by atoms with van der Waals surface area (Å²) >= 11 is 0. The van der Waals surface area contributed by atoms with Crippen LogP contribution in [0.25, 0.3) is 0 Å². The van der Waals surface area contributed by atoms with Crippen LogP contribution in [-0.4, -0.2) is 46.1 Å². The number of hydrogen-bond acceptors (Lipinski definition) is 5.